The van der Waals surface area contributed by atoms with E-state index >= 15 is 0 Å². The number of rotatable bonds is 2. The van der Waals surface area contributed by atoms with Crippen molar-refractivity contribution >= 4 is 28.3 Å². The molecule has 3 rings (SSSR count). The molecule has 7 heteroatoms. The second kappa shape index (κ2) is 5.92. The van der Waals surface area contributed by atoms with Gasteiger partial charge in [-0.3, -0.25) is 0 Å². The zero-order chi connectivity index (χ0) is 17.3. The Morgan fingerprint density at radius 2 is 1.75 bits per heavy atom. The standard InChI is InChI=1S/C17H14F3N3O/c1-10-8-11-6-7-21-15(11)9-14(10)23-16(24)22-13-4-2-12(3-5-13)17(18,19)20/h2-9,21H,1H3,(H2,22,23,24). The predicted molar refractivity (Wildman–Crippen MR) is 87.1 cm³/mol. The molecule has 0 atom stereocenters. The normalized spacial score (nSPS) is 11.5. The Morgan fingerprint density at radius 3 is 2.42 bits per heavy atom. The molecule has 0 aliphatic rings. The fourth-order valence-electron chi connectivity index (χ4n) is 2.38. The van der Waals surface area contributed by atoms with Crippen LogP contribution in [0, 0.1) is 6.92 Å². The zero-order valence-corrected chi connectivity index (χ0v) is 12.7. The summed E-state index contributed by atoms with van der Waals surface area (Å²) in [7, 11) is 0. The Kier molecular flexibility index (Phi) is 3.92. The van der Waals surface area contributed by atoms with Gasteiger partial charge in [0, 0.05) is 23.1 Å². The first-order chi connectivity index (χ1) is 11.3. The number of fused-ring (bicyclic) bond motifs is 1. The molecule has 1 aromatic heterocycles. The maximum atomic E-state index is 12.5. The highest BCUT2D eigenvalue weighted by molar-refractivity contribution is 6.01. The first-order valence-corrected chi connectivity index (χ1v) is 7.16. The smallest absolute Gasteiger partial charge is 0.361 e. The summed E-state index contributed by atoms with van der Waals surface area (Å²) in [5.74, 6) is 0. The molecule has 0 aliphatic carbocycles. The molecule has 0 spiro atoms. The highest BCUT2D eigenvalue weighted by atomic mass is 19.4. The summed E-state index contributed by atoms with van der Waals surface area (Å²) >= 11 is 0. The van der Waals surface area contributed by atoms with E-state index < -0.39 is 17.8 Å². The van der Waals surface area contributed by atoms with Crippen molar-refractivity contribution < 1.29 is 18.0 Å². The van der Waals surface area contributed by atoms with Crippen molar-refractivity contribution in [3.8, 4) is 0 Å². The number of carbonyl (C=O) groups excluding carboxylic acids is 1. The van der Waals surface area contributed by atoms with Crippen LogP contribution in [-0.4, -0.2) is 11.0 Å². The third-order valence-electron chi connectivity index (χ3n) is 3.62. The number of urea groups is 1. The minimum atomic E-state index is -4.40. The minimum Gasteiger partial charge on any atom is -0.361 e. The molecule has 24 heavy (non-hydrogen) atoms. The van der Waals surface area contributed by atoms with Crippen LogP contribution in [0.1, 0.15) is 11.1 Å². The second-order valence-electron chi connectivity index (χ2n) is 5.39. The topological polar surface area (TPSA) is 56.9 Å². The summed E-state index contributed by atoms with van der Waals surface area (Å²) in [6.45, 7) is 1.86. The molecule has 4 nitrogen and oxygen atoms in total. The summed E-state index contributed by atoms with van der Waals surface area (Å²) in [6, 6.07) is 9.40. The Labute approximate surface area is 135 Å². The van der Waals surface area contributed by atoms with Gasteiger partial charge in [0.1, 0.15) is 0 Å². The van der Waals surface area contributed by atoms with Gasteiger partial charge < -0.3 is 15.6 Å². The third-order valence-corrected chi connectivity index (χ3v) is 3.62. The molecule has 3 aromatic rings. The number of aryl methyl sites for hydroxylation is 1. The summed E-state index contributed by atoms with van der Waals surface area (Å²) in [5, 5.41) is 6.23. The lowest BCUT2D eigenvalue weighted by Gasteiger charge is -2.11. The van der Waals surface area contributed by atoms with Crippen LogP contribution in [0.15, 0.2) is 48.7 Å². The van der Waals surface area contributed by atoms with E-state index in [0.29, 0.717) is 5.69 Å². The highest BCUT2D eigenvalue weighted by Crippen LogP contribution is 2.30. The molecular weight excluding hydrogens is 319 g/mol. The van der Waals surface area contributed by atoms with Gasteiger partial charge in [-0.25, -0.2) is 4.79 Å². The number of carbonyl (C=O) groups is 1. The number of hydrogen-bond acceptors (Lipinski definition) is 1. The fraction of sp³-hybridized carbons (Fsp3) is 0.118. The molecular formula is C17H14F3N3O. The summed E-state index contributed by atoms with van der Waals surface area (Å²) < 4.78 is 37.5. The lowest BCUT2D eigenvalue weighted by molar-refractivity contribution is -0.137. The fourth-order valence-corrected chi connectivity index (χ4v) is 2.38. The van der Waals surface area contributed by atoms with Crippen molar-refractivity contribution in [2.24, 2.45) is 0 Å². The molecule has 0 bridgehead atoms. The van der Waals surface area contributed by atoms with Gasteiger partial charge in [0.25, 0.3) is 0 Å². The number of anilines is 2. The number of alkyl halides is 3. The van der Waals surface area contributed by atoms with Gasteiger partial charge in [-0.05, 0) is 60.3 Å². The van der Waals surface area contributed by atoms with E-state index in [1.54, 1.807) is 12.3 Å². The predicted octanol–water partition coefficient (Wildman–Crippen LogP) is 5.14. The first kappa shape index (κ1) is 15.9. The maximum Gasteiger partial charge on any atom is 0.416 e. The summed E-state index contributed by atoms with van der Waals surface area (Å²) in [5.41, 5.74) is 1.89. The summed E-state index contributed by atoms with van der Waals surface area (Å²) in [6.07, 6.45) is -2.60. The number of benzene rings is 2. The van der Waals surface area contributed by atoms with Gasteiger partial charge in [0.2, 0.25) is 0 Å². The molecule has 0 aliphatic heterocycles. The van der Waals surface area contributed by atoms with Crippen LogP contribution in [0.25, 0.3) is 10.9 Å². The van der Waals surface area contributed by atoms with Crippen LogP contribution in [0.2, 0.25) is 0 Å². The molecule has 0 unspecified atom stereocenters. The monoisotopic (exact) mass is 333 g/mol. The number of halogens is 3. The van der Waals surface area contributed by atoms with E-state index in [1.807, 2.05) is 19.1 Å². The van der Waals surface area contributed by atoms with Gasteiger partial charge in [-0.1, -0.05) is 0 Å². The Hall–Kier alpha value is -2.96. The average molecular weight is 333 g/mol. The zero-order valence-electron chi connectivity index (χ0n) is 12.7. The SMILES string of the molecule is Cc1cc2cc[nH]c2cc1NC(=O)Nc1ccc(C(F)(F)F)cc1. The lowest BCUT2D eigenvalue weighted by Crippen LogP contribution is -2.20. The van der Waals surface area contributed by atoms with Crippen molar-refractivity contribution in [1.82, 2.24) is 4.98 Å². The molecule has 2 amide bonds. The van der Waals surface area contributed by atoms with Crippen LogP contribution >= 0.6 is 0 Å². The molecule has 2 aromatic carbocycles. The van der Waals surface area contributed by atoms with Crippen molar-refractivity contribution in [2.75, 3.05) is 10.6 Å². The number of H-pyrrole nitrogens is 1. The van der Waals surface area contributed by atoms with Crippen LogP contribution < -0.4 is 10.6 Å². The van der Waals surface area contributed by atoms with Crippen molar-refractivity contribution in [2.45, 2.75) is 13.1 Å². The number of hydrogen-bond donors (Lipinski definition) is 3. The van der Waals surface area contributed by atoms with Gasteiger partial charge in [0.05, 0.1) is 5.56 Å². The van der Waals surface area contributed by atoms with E-state index in [-0.39, 0.29) is 5.69 Å². The quantitative estimate of drug-likeness (QED) is 0.597. The van der Waals surface area contributed by atoms with Crippen molar-refractivity contribution in [3.63, 3.8) is 0 Å². The largest absolute Gasteiger partial charge is 0.416 e. The van der Waals surface area contributed by atoms with Crippen molar-refractivity contribution in [1.29, 1.82) is 0 Å². The van der Waals surface area contributed by atoms with Gasteiger partial charge >= 0.3 is 12.2 Å². The summed E-state index contributed by atoms with van der Waals surface area (Å²) in [4.78, 5) is 15.1. The van der Waals surface area contributed by atoms with Crippen LogP contribution in [0.5, 0.6) is 0 Å². The third kappa shape index (κ3) is 3.34. The van der Waals surface area contributed by atoms with E-state index in [2.05, 4.69) is 15.6 Å². The molecule has 3 N–H and O–H groups in total. The number of aromatic amines is 1. The van der Waals surface area contributed by atoms with Crippen LogP contribution in [0.4, 0.5) is 29.3 Å². The Morgan fingerprint density at radius 1 is 1.04 bits per heavy atom. The number of aromatic nitrogens is 1. The van der Waals surface area contributed by atoms with E-state index in [0.717, 1.165) is 28.6 Å². The molecule has 0 saturated carbocycles. The Bertz CT molecular complexity index is 882. The average Bonchev–Trinajstić information content (AvgIpc) is 2.94. The van der Waals surface area contributed by atoms with Crippen molar-refractivity contribution in [3.05, 3.63) is 59.8 Å². The van der Waals surface area contributed by atoms with Gasteiger partial charge in [-0.15, -0.1) is 0 Å². The molecule has 0 radical (unpaired) electrons. The Balaban J connectivity index is 1.71. The minimum absolute atomic E-state index is 0.277. The lowest BCUT2D eigenvalue weighted by atomic mass is 10.1. The van der Waals surface area contributed by atoms with Crippen LogP contribution in [0.3, 0.4) is 0 Å². The first-order valence-electron chi connectivity index (χ1n) is 7.16. The molecule has 124 valence electrons. The van der Waals surface area contributed by atoms with E-state index in [4.69, 9.17) is 0 Å². The second-order valence-corrected chi connectivity index (χ2v) is 5.39. The van der Waals surface area contributed by atoms with E-state index in [9.17, 15) is 18.0 Å². The highest BCUT2D eigenvalue weighted by Gasteiger charge is 2.29. The van der Waals surface area contributed by atoms with Crippen LogP contribution in [-0.2, 0) is 6.18 Å². The maximum absolute atomic E-state index is 12.5. The molecule has 1 heterocycles. The molecule has 0 saturated heterocycles. The number of amides is 2. The number of nitrogens with one attached hydrogen (secondary N) is 3. The van der Waals surface area contributed by atoms with Gasteiger partial charge in [-0.2, -0.15) is 13.2 Å². The van der Waals surface area contributed by atoms with E-state index in [1.165, 1.54) is 12.1 Å². The molecule has 0 fully saturated rings. The van der Waals surface area contributed by atoms with Gasteiger partial charge in [0.15, 0.2) is 0 Å².